The molecule has 0 aliphatic heterocycles. The predicted molar refractivity (Wildman–Crippen MR) is 76.1 cm³/mol. The van der Waals surface area contributed by atoms with Crippen molar-refractivity contribution < 1.29 is 9.21 Å². The van der Waals surface area contributed by atoms with Gasteiger partial charge in [-0.15, -0.1) is 0 Å². The topological polar surface area (TPSA) is 60.1 Å². The molecule has 20 heavy (non-hydrogen) atoms. The van der Waals surface area contributed by atoms with Gasteiger partial charge in [0.25, 0.3) is 0 Å². The van der Waals surface area contributed by atoms with E-state index in [1.54, 1.807) is 30.1 Å². The molecule has 2 atom stereocenters. The zero-order chi connectivity index (χ0) is 14.1. The molecule has 2 aromatic heterocycles. The summed E-state index contributed by atoms with van der Waals surface area (Å²) in [5.41, 5.74) is 0. The van der Waals surface area contributed by atoms with E-state index in [4.69, 9.17) is 4.42 Å². The Labute approximate surface area is 117 Å². The lowest BCUT2D eigenvalue weighted by Gasteiger charge is -1.95. The van der Waals surface area contributed by atoms with E-state index >= 15 is 0 Å². The lowest BCUT2D eigenvalue weighted by atomic mass is 10.3. The number of nitrogens with one attached hydrogen (secondary N) is 1. The maximum atomic E-state index is 11.7. The van der Waals surface area contributed by atoms with Crippen molar-refractivity contribution in [1.82, 2.24) is 9.78 Å². The highest BCUT2D eigenvalue weighted by Crippen LogP contribution is 2.47. The minimum Gasteiger partial charge on any atom is -0.461 e. The van der Waals surface area contributed by atoms with E-state index in [1.807, 2.05) is 12.1 Å². The van der Waals surface area contributed by atoms with E-state index in [9.17, 15) is 4.79 Å². The number of carbonyl (C=O) groups is 1. The Morgan fingerprint density at radius 1 is 1.50 bits per heavy atom. The molecule has 2 aromatic rings. The number of hydrogen-bond donors (Lipinski definition) is 1. The molecule has 3 rings (SSSR count). The van der Waals surface area contributed by atoms with Crippen LogP contribution in [0.3, 0.4) is 0 Å². The van der Waals surface area contributed by atoms with Crippen LogP contribution in [0.2, 0.25) is 0 Å². The smallest absolute Gasteiger partial charge is 0.249 e. The Bertz CT molecular complexity index is 654. The molecule has 2 heterocycles. The minimum atomic E-state index is -0.221. The third-order valence-corrected chi connectivity index (χ3v) is 3.49. The van der Waals surface area contributed by atoms with Gasteiger partial charge in [0.15, 0.2) is 5.82 Å². The van der Waals surface area contributed by atoms with Gasteiger partial charge in [-0.3, -0.25) is 9.48 Å². The quantitative estimate of drug-likeness (QED) is 0.870. The molecular formula is C15H17N3O2. The number of aromatic nitrogens is 2. The van der Waals surface area contributed by atoms with Crippen LogP contribution in [0, 0.1) is 5.92 Å². The fourth-order valence-corrected chi connectivity index (χ4v) is 2.18. The third-order valence-electron chi connectivity index (χ3n) is 3.49. The van der Waals surface area contributed by atoms with Gasteiger partial charge < -0.3 is 9.73 Å². The van der Waals surface area contributed by atoms with Crippen molar-refractivity contribution in [3.8, 4) is 0 Å². The molecule has 0 spiro atoms. The van der Waals surface area contributed by atoms with Gasteiger partial charge in [0.1, 0.15) is 11.5 Å². The molecular weight excluding hydrogens is 254 g/mol. The number of carbonyl (C=O) groups excluding carboxylic acids is 1. The number of furan rings is 1. The highest BCUT2D eigenvalue weighted by Gasteiger charge is 2.36. The fraction of sp³-hybridized carbons (Fsp3) is 0.333. The third kappa shape index (κ3) is 2.82. The fourth-order valence-electron chi connectivity index (χ4n) is 2.18. The van der Waals surface area contributed by atoms with Gasteiger partial charge in [0.2, 0.25) is 5.91 Å². The zero-order valence-corrected chi connectivity index (χ0v) is 11.5. The first-order valence-electron chi connectivity index (χ1n) is 6.70. The summed E-state index contributed by atoms with van der Waals surface area (Å²) >= 11 is 0. The van der Waals surface area contributed by atoms with E-state index < -0.39 is 0 Å². The molecule has 0 saturated heterocycles. The molecule has 1 N–H and O–H groups in total. The molecule has 5 heteroatoms. The van der Waals surface area contributed by atoms with Gasteiger partial charge in [-0.1, -0.05) is 6.92 Å². The lowest BCUT2D eigenvalue weighted by molar-refractivity contribution is -0.111. The summed E-state index contributed by atoms with van der Waals surface area (Å²) in [7, 11) is 1.80. The Morgan fingerprint density at radius 2 is 2.30 bits per heavy atom. The Hall–Kier alpha value is -2.30. The molecule has 1 amide bonds. The minimum absolute atomic E-state index is 0.221. The Morgan fingerprint density at radius 3 is 2.95 bits per heavy atom. The average molecular weight is 271 g/mol. The second-order valence-corrected chi connectivity index (χ2v) is 5.26. The summed E-state index contributed by atoms with van der Waals surface area (Å²) in [5, 5.41) is 6.76. The second-order valence-electron chi connectivity index (χ2n) is 5.26. The van der Waals surface area contributed by atoms with E-state index in [0.717, 1.165) is 5.76 Å². The van der Waals surface area contributed by atoms with Crippen molar-refractivity contribution in [3.63, 3.8) is 0 Å². The molecule has 0 bridgehead atoms. The Kier molecular flexibility index (Phi) is 3.18. The van der Waals surface area contributed by atoms with E-state index in [-0.39, 0.29) is 5.91 Å². The summed E-state index contributed by atoms with van der Waals surface area (Å²) in [6.45, 7) is 2.21. The van der Waals surface area contributed by atoms with Gasteiger partial charge >= 0.3 is 0 Å². The van der Waals surface area contributed by atoms with Crippen LogP contribution in [0.5, 0.6) is 0 Å². The van der Waals surface area contributed by atoms with Crippen LogP contribution < -0.4 is 5.32 Å². The van der Waals surface area contributed by atoms with Crippen LogP contribution in [0.1, 0.15) is 30.8 Å². The van der Waals surface area contributed by atoms with Crippen LogP contribution in [0.15, 0.2) is 34.9 Å². The van der Waals surface area contributed by atoms with Crippen LogP contribution in [0.25, 0.3) is 6.08 Å². The molecule has 1 aliphatic rings. The number of anilines is 1. The van der Waals surface area contributed by atoms with Gasteiger partial charge in [0, 0.05) is 31.3 Å². The average Bonchev–Trinajstić information content (AvgIpc) is 2.82. The molecule has 0 radical (unpaired) electrons. The molecule has 104 valence electrons. The normalized spacial score (nSPS) is 21.3. The van der Waals surface area contributed by atoms with Crippen molar-refractivity contribution in [1.29, 1.82) is 0 Å². The maximum Gasteiger partial charge on any atom is 0.249 e. The van der Waals surface area contributed by atoms with Crippen molar-refractivity contribution in [2.24, 2.45) is 13.0 Å². The number of aryl methyl sites for hydroxylation is 1. The SMILES string of the molecule is CC1CC1c1ccc(C=CC(=O)Nc2ccn(C)n2)o1. The molecule has 0 aromatic carbocycles. The van der Waals surface area contributed by atoms with Crippen LogP contribution in [-0.4, -0.2) is 15.7 Å². The number of hydrogen-bond acceptors (Lipinski definition) is 3. The molecule has 1 fully saturated rings. The van der Waals surface area contributed by atoms with Crippen molar-refractivity contribution in [3.05, 3.63) is 42.0 Å². The summed E-state index contributed by atoms with van der Waals surface area (Å²) in [6, 6.07) is 5.63. The maximum absolute atomic E-state index is 11.7. The molecule has 2 unspecified atom stereocenters. The molecule has 1 aliphatic carbocycles. The van der Waals surface area contributed by atoms with Gasteiger partial charge in [0.05, 0.1) is 0 Å². The van der Waals surface area contributed by atoms with Crippen LogP contribution in [0.4, 0.5) is 5.82 Å². The number of amides is 1. The van der Waals surface area contributed by atoms with E-state index in [0.29, 0.717) is 23.4 Å². The van der Waals surface area contributed by atoms with Crippen molar-refractivity contribution >= 4 is 17.8 Å². The second kappa shape index (κ2) is 5.00. The largest absolute Gasteiger partial charge is 0.461 e. The van der Waals surface area contributed by atoms with Crippen molar-refractivity contribution in [2.45, 2.75) is 19.3 Å². The highest BCUT2D eigenvalue weighted by molar-refractivity contribution is 6.01. The first kappa shape index (κ1) is 12.7. The van der Waals surface area contributed by atoms with Gasteiger partial charge in [-0.25, -0.2) is 0 Å². The van der Waals surface area contributed by atoms with Crippen LogP contribution in [-0.2, 0) is 11.8 Å². The lowest BCUT2D eigenvalue weighted by Crippen LogP contribution is -2.08. The first-order chi connectivity index (χ1) is 9.61. The summed E-state index contributed by atoms with van der Waals surface area (Å²) in [6.07, 6.45) is 6.09. The summed E-state index contributed by atoms with van der Waals surface area (Å²) in [4.78, 5) is 11.7. The number of nitrogens with zero attached hydrogens (tertiary/aromatic N) is 2. The first-order valence-corrected chi connectivity index (χ1v) is 6.70. The zero-order valence-electron chi connectivity index (χ0n) is 11.5. The molecule has 1 saturated carbocycles. The Balaban J connectivity index is 1.59. The predicted octanol–water partition coefficient (Wildman–Crippen LogP) is 2.79. The monoisotopic (exact) mass is 271 g/mol. The van der Waals surface area contributed by atoms with E-state index in [2.05, 4.69) is 17.3 Å². The summed E-state index contributed by atoms with van der Waals surface area (Å²) in [5.74, 6) is 3.30. The molecule has 5 nitrogen and oxygen atoms in total. The van der Waals surface area contributed by atoms with E-state index in [1.165, 1.54) is 12.5 Å². The standard InChI is InChI=1S/C15H17N3O2/c1-10-9-12(10)13-5-3-11(20-13)4-6-15(19)16-14-7-8-18(2)17-14/h3-8,10,12H,9H2,1-2H3,(H,16,17,19). The van der Waals surface area contributed by atoms with Crippen molar-refractivity contribution in [2.75, 3.05) is 5.32 Å². The highest BCUT2D eigenvalue weighted by atomic mass is 16.3. The van der Waals surface area contributed by atoms with Gasteiger partial charge in [-0.2, -0.15) is 5.10 Å². The number of rotatable bonds is 4. The van der Waals surface area contributed by atoms with Crippen LogP contribution >= 0.6 is 0 Å². The van der Waals surface area contributed by atoms with Gasteiger partial charge in [-0.05, 0) is 30.5 Å². The summed E-state index contributed by atoms with van der Waals surface area (Å²) < 4.78 is 7.33.